The molecule has 1 aromatic carbocycles. The van der Waals surface area contributed by atoms with E-state index in [1.54, 1.807) is 30.3 Å². The number of fused-ring (bicyclic) bond motifs is 1. The third-order valence-corrected chi connectivity index (χ3v) is 5.53. The van der Waals surface area contributed by atoms with Gasteiger partial charge in [-0.2, -0.15) is 0 Å². The summed E-state index contributed by atoms with van der Waals surface area (Å²) in [5.41, 5.74) is 6.79. The summed E-state index contributed by atoms with van der Waals surface area (Å²) in [6.07, 6.45) is 4.78. The van der Waals surface area contributed by atoms with Gasteiger partial charge in [-0.05, 0) is 50.1 Å². The second kappa shape index (κ2) is 8.11. The third-order valence-electron chi connectivity index (χ3n) is 5.53. The minimum absolute atomic E-state index is 0.288. The Balaban J connectivity index is 1.60. The molecule has 2 aromatic heterocycles. The first kappa shape index (κ1) is 19.8. The maximum atomic E-state index is 12.3. The number of ether oxygens (including phenoxy) is 1. The minimum Gasteiger partial charge on any atom is -0.464 e. The number of carbonyl (C=O) groups excluding carboxylic acids is 1. The van der Waals surface area contributed by atoms with E-state index in [9.17, 15) is 14.7 Å². The van der Waals surface area contributed by atoms with Crippen molar-refractivity contribution >= 4 is 22.9 Å². The van der Waals surface area contributed by atoms with Gasteiger partial charge < -0.3 is 15.6 Å². The highest BCUT2D eigenvalue weighted by atomic mass is 16.5. The predicted molar refractivity (Wildman–Crippen MR) is 109 cm³/mol. The molecule has 1 fully saturated rings. The normalized spacial score (nSPS) is 17.8. The number of carboxylic acid groups (broad SMARTS) is 1. The Labute approximate surface area is 173 Å². The van der Waals surface area contributed by atoms with E-state index >= 15 is 0 Å². The molecule has 0 saturated carbocycles. The van der Waals surface area contributed by atoms with E-state index in [-0.39, 0.29) is 5.88 Å². The van der Waals surface area contributed by atoms with E-state index in [1.165, 1.54) is 12.5 Å². The van der Waals surface area contributed by atoms with Crippen LogP contribution >= 0.6 is 0 Å². The van der Waals surface area contributed by atoms with Gasteiger partial charge in [-0.3, -0.25) is 14.3 Å². The van der Waals surface area contributed by atoms with Crippen LogP contribution in [0.5, 0.6) is 11.6 Å². The summed E-state index contributed by atoms with van der Waals surface area (Å²) < 4.78 is 7.00. The van der Waals surface area contributed by atoms with E-state index in [2.05, 4.69) is 21.8 Å². The van der Waals surface area contributed by atoms with Gasteiger partial charge in [0.2, 0.25) is 11.8 Å². The van der Waals surface area contributed by atoms with Crippen LogP contribution in [0.15, 0.2) is 42.9 Å². The molecular weight excluding hydrogens is 386 g/mol. The van der Waals surface area contributed by atoms with E-state index in [1.807, 2.05) is 0 Å². The fraction of sp³-hybridized carbons (Fsp3) is 0.333. The SMILES string of the molecule is CCC1CCCN1[C@H](C(N)=O)c1cc(Oc2ccc3c(ccn3C(=O)O)c2)ncn1. The van der Waals surface area contributed by atoms with E-state index in [0.29, 0.717) is 23.0 Å². The Morgan fingerprint density at radius 1 is 1.30 bits per heavy atom. The van der Waals surface area contributed by atoms with Crippen molar-refractivity contribution in [1.82, 2.24) is 19.4 Å². The standard InChI is InChI=1S/C21H23N5O4/c1-2-14-4-3-8-25(14)19(20(22)27)16-11-18(24-12-23-16)30-15-5-6-17-13(10-15)7-9-26(17)21(28)29/h5-7,9-12,14,19H,2-4,8H2,1H3,(H2,22,27)(H,28,29)/t14?,19-/m0/s1. The summed E-state index contributed by atoms with van der Waals surface area (Å²) in [4.78, 5) is 34.0. The number of primary amides is 1. The minimum atomic E-state index is -1.05. The summed E-state index contributed by atoms with van der Waals surface area (Å²) in [6.45, 7) is 2.90. The summed E-state index contributed by atoms with van der Waals surface area (Å²) >= 11 is 0. The molecule has 0 radical (unpaired) electrons. The zero-order valence-corrected chi connectivity index (χ0v) is 16.6. The molecule has 3 heterocycles. The number of aromatic nitrogens is 3. The summed E-state index contributed by atoms with van der Waals surface area (Å²) in [7, 11) is 0. The van der Waals surface area contributed by atoms with Gasteiger partial charge in [-0.1, -0.05) is 6.92 Å². The molecule has 0 bridgehead atoms. The van der Waals surface area contributed by atoms with Gasteiger partial charge in [-0.15, -0.1) is 0 Å². The van der Waals surface area contributed by atoms with Crippen LogP contribution < -0.4 is 10.5 Å². The monoisotopic (exact) mass is 409 g/mol. The van der Waals surface area contributed by atoms with Crippen LogP contribution in [-0.2, 0) is 4.79 Å². The Morgan fingerprint density at radius 3 is 2.87 bits per heavy atom. The molecule has 30 heavy (non-hydrogen) atoms. The molecule has 3 aromatic rings. The Kier molecular flexibility index (Phi) is 5.37. The second-order valence-electron chi connectivity index (χ2n) is 7.32. The number of carbonyl (C=O) groups is 2. The number of nitrogens with zero attached hydrogens (tertiary/aromatic N) is 4. The Morgan fingerprint density at radius 2 is 2.13 bits per heavy atom. The van der Waals surface area contributed by atoms with Gasteiger partial charge in [0.25, 0.3) is 0 Å². The highest BCUT2D eigenvalue weighted by Gasteiger charge is 2.35. The average Bonchev–Trinajstić information content (AvgIpc) is 3.34. The average molecular weight is 409 g/mol. The Hall–Kier alpha value is -3.46. The predicted octanol–water partition coefficient (Wildman–Crippen LogP) is 3.15. The largest absolute Gasteiger partial charge is 0.464 e. The maximum absolute atomic E-state index is 12.3. The van der Waals surface area contributed by atoms with Crippen molar-refractivity contribution in [1.29, 1.82) is 0 Å². The molecule has 3 N–H and O–H groups in total. The number of amides is 1. The fourth-order valence-electron chi connectivity index (χ4n) is 4.15. The number of nitrogens with two attached hydrogens (primary N) is 1. The van der Waals surface area contributed by atoms with Crippen molar-refractivity contribution < 1.29 is 19.4 Å². The molecule has 1 saturated heterocycles. The summed E-state index contributed by atoms with van der Waals surface area (Å²) in [6, 6.07) is 8.06. The van der Waals surface area contributed by atoms with Crippen LogP contribution in [0.2, 0.25) is 0 Å². The van der Waals surface area contributed by atoms with Crippen molar-refractivity contribution in [3.63, 3.8) is 0 Å². The van der Waals surface area contributed by atoms with Gasteiger partial charge in [0, 0.05) is 23.7 Å². The smallest absolute Gasteiger partial charge is 0.415 e. The molecule has 9 heteroatoms. The molecule has 9 nitrogen and oxygen atoms in total. The van der Waals surface area contributed by atoms with Gasteiger partial charge in [0.15, 0.2) is 0 Å². The maximum Gasteiger partial charge on any atom is 0.415 e. The van der Waals surface area contributed by atoms with E-state index in [4.69, 9.17) is 10.5 Å². The highest BCUT2D eigenvalue weighted by Crippen LogP contribution is 2.32. The zero-order valence-electron chi connectivity index (χ0n) is 16.6. The Bertz CT molecular complexity index is 1100. The number of rotatable bonds is 6. The van der Waals surface area contributed by atoms with Crippen LogP contribution in [0.25, 0.3) is 10.9 Å². The second-order valence-corrected chi connectivity index (χ2v) is 7.32. The van der Waals surface area contributed by atoms with Gasteiger partial charge in [0.1, 0.15) is 18.1 Å². The molecule has 0 spiro atoms. The molecular formula is C21H23N5O4. The topological polar surface area (TPSA) is 124 Å². The van der Waals surface area contributed by atoms with Crippen LogP contribution in [0.3, 0.4) is 0 Å². The van der Waals surface area contributed by atoms with Crippen LogP contribution in [-0.4, -0.2) is 49.1 Å². The first-order valence-electron chi connectivity index (χ1n) is 9.87. The van der Waals surface area contributed by atoms with E-state index < -0.39 is 18.0 Å². The fourth-order valence-corrected chi connectivity index (χ4v) is 4.15. The van der Waals surface area contributed by atoms with Crippen LogP contribution in [0.1, 0.15) is 37.9 Å². The lowest BCUT2D eigenvalue weighted by Gasteiger charge is -2.30. The van der Waals surface area contributed by atoms with Crippen molar-refractivity contribution in [3.8, 4) is 11.6 Å². The zero-order chi connectivity index (χ0) is 21.3. The molecule has 156 valence electrons. The molecule has 0 aliphatic carbocycles. The third kappa shape index (κ3) is 3.71. The highest BCUT2D eigenvalue weighted by molar-refractivity contribution is 5.89. The van der Waals surface area contributed by atoms with Crippen molar-refractivity contribution in [2.45, 2.75) is 38.3 Å². The quantitative estimate of drug-likeness (QED) is 0.641. The molecule has 1 amide bonds. The molecule has 4 rings (SSSR count). The number of hydrogen-bond donors (Lipinski definition) is 2. The number of hydrogen-bond acceptors (Lipinski definition) is 6. The first-order valence-corrected chi connectivity index (χ1v) is 9.87. The van der Waals surface area contributed by atoms with Crippen LogP contribution in [0, 0.1) is 0 Å². The van der Waals surface area contributed by atoms with Gasteiger partial charge in [-0.25, -0.2) is 14.8 Å². The van der Waals surface area contributed by atoms with Crippen molar-refractivity contribution in [3.05, 3.63) is 48.5 Å². The lowest BCUT2D eigenvalue weighted by Crippen LogP contribution is -2.41. The van der Waals surface area contributed by atoms with Gasteiger partial charge >= 0.3 is 6.09 Å². The van der Waals surface area contributed by atoms with Crippen LogP contribution in [0.4, 0.5) is 4.79 Å². The van der Waals surface area contributed by atoms with Crippen molar-refractivity contribution in [2.75, 3.05) is 6.54 Å². The number of likely N-dealkylation sites (tertiary alicyclic amines) is 1. The molecule has 2 atom stereocenters. The summed E-state index contributed by atoms with van der Waals surface area (Å²) in [5, 5.41) is 9.93. The van der Waals surface area contributed by atoms with Gasteiger partial charge in [0.05, 0.1) is 11.2 Å². The molecule has 1 unspecified atom stereocenters. The lowest BCUT2D eigenvalue weighted by atomic mass is 10.1. The van der Waals surface area contributed by atoms with E-state index in [0.717, 1.165) is 35.8 Å². The lowest BCUT2D eigenvalue weighted by molar-refractivity contribution is -0.124. The molecule has 1 aliphatic rings. The first-order chi connectivity index (χ1) is 14.5. The number of benzene rings is 1. The summed E-state index contributed by atoms with van der Waals surface area (Å²) in [5.74, 6) is 0.338. The van der Waals surface area contributed by atoms with Crippen molar-refractivity contribution in [2.24, 2.45) is 5.73 Å². The molecule has 1 aliphatic heterocycles.